The van der Waals surface area contributed by atoms with Crippen molar-refractivity contribution in [1.82, 2.24) is 10.2 Å². The van der Waals surface area contributed by atoms with Crippen molar-refractivity contribution >= 4 is 43.5 Å². The van der Waals surface area contributed by atoms with Crippen LogP contribution in [0, 0.1) is 19.8 Å². The number of halogens is 1. The number of nitrogens with zero attached hydrogens (tertiary/aromatic N) is 2. The third-order valence-corrected chi connectivity index (χ3v) is 8.53. The summed E-state index contributed by atoms with van der Waals surface area (Å²) >= 11 is 3.45. The van der Waals surface area contributed by atoms with Crippen LogP contribution in [0.15, 0.2) is 77.3 Å². The molecule has 7 nitrogen and oxygen atoms in total. The maximum atomic E-state index is 14.1. The molecule has 214 valence electrons. The minimum absolute atomic E-state index is 0.157. The standard InChI is InChI=1S/C31H38BrN3O4S/c1-22(2)19-33-31(37)29(18-25-11-7-6-8-12-25)34(20-26-13-9-10-23(3)16-26)30(36)21-35(40(5,38)39)27-14-15-28(32)24(4)17-27/h6-17,22,29H,18-21H2,1-5H3,(H,33,37). The lowest BCUT2D eigenvalue weighted by Crippen LogP contribution is -2.53. The van der Waals surface area contributed by atoms with E-state index in [-0.39, 0.29) is 18.4 Å². The topological polar surface area (TPSA) is 86.8 Å². The first-order valence-corrected chi connectivity index (χ1v) is 15.9. The number of anilines is 1. The number of aryl methyl sites for hydroxylation is 2. The first-order chi connectivity index (χ1) is 18.8. The van der Waals surface area contributed by atoms with Gasteiger partial charge in [0.1, 0.15) is 12.6 Å². The second kappa shape index (κ2) is 13.9. The molecule has 0 aliphatic rings. The number of hydrogen-bond acceptors (Lipinski definition) is 4. The molecule has 40 heavy (non-hydrogen) atoms. The lowest BCUT2D eigenvalue weighted by atomic mass is 10.0. The Morgan fingerprint density at radius 3 is 2.20 bits per heavy atom. The highest BCUT2D eigenvalue weighted by Crippen LogP contribution is 2.25. The largest absolute Gasteiger partial charge is 0.354 e. The van der Waals surface area contributed by atoms with E-state index in [0.717, 1.165) is 37.3 Å². The number of carbonyl (C=O) groups is 2. The van der Waals surface area contributed by atoms with Gasteiger partial charge in [-0.05, 0) is 54.7 Å². The molecule has 3 aromatic rings. The Bertz CT molecular complexity index is 1430. The van der Waals surface area contributed by atoms with Crippen LogP contribution >= 0.6 is 15.9 Å². The van der Waals surface area contributed by atoms with Gasteiger partial charge < -0.3 is 10.2 Å². The Labute approximate surface area is 246 Å². The number of amides is 2. The molecule has 0 bridgehead atoms. The SMILES string of the molecule is Cc1cccc(CN(C(=O)CN(c2ccc(Br)c(C)c2)S(C)(=O)=O)C(Cc2ccccc2)C(=O)NCC(C)C)c1. The zero-order valence-electron chi connectivity index (χ0n) is 23.7. The van der Waals surface area contributed by atoms with Crippen molar-refractivity contribution in [3.05, 3.63) is 99.5 Å². The summed E-state index contributed by atoms with van der Waals surface area (Å²) in [6.45, 7) is 8.02. The van der Waals surface area contributed by atoms with Crippen LogP contribution in [0.5, 0.6) is 0 Å². The molecule has 9 heteroatoms. The fourth-order valence-corrected chi connectivity index (χ4v) is 5.47. The predicted octanol–water partition coefficient (Wildman–Crippen LogP) is 5.24. The van der Waals surface area contributed by atoms with E-state index < -0.39 is 28.5 Å². The number of rotatable bonds is 12. The lowest BCUT2D eigenvalue weighted by Gasteiger charge is -2.33. The van der Waals surface area contributed by atoms with E-state index >= 15 is 0 Å². The first-order valence-electron chi connectivity index (χ1n) is 13.3. The highest BCUT2D eigenvalue weighted by molar-refractivity contribution is 9.10. The summed E-state index contributed by atoms with van der Waals surface area (Å²) in [5.74, 6) is -0.513. The zero-order chi connectivity index (χ0) is 29.4. The van der Waals surface area contributed by atoms with E-state index in [2.05, 4.69) is 21.2 Å². The quantitative estimate of drug-likeness (QED) is 0.297. The van der Waals surface area contributed by atoms with E-state index in [0.29, 0.717) is 18.7 Å². The summed E-state index contributed by atoms with van der Waals surface area (Å²) in [4.78, 5) is 29.3. The molecule has 0 heterocycles. The van der Waals surface area contributed by atoms with Crippen molar-refractivity contribution in [2.45, 2.75) is 46.7 Å². The fourth-order valence-electron chi connectivity index (χ4n) is 4.38. The van der Waals surface area contributed by atoms with E-state index in [1.165, 1.54) is 4.90 Å². The molecule has 0 saturated heterocycles. The Hall–Kier alpha value is -3.17. The Balaban J connectivity index is 2.06. The summed E-state index contributed by atoms with van der Waals surface area (Å²) in [5.41, 5.74) is 4.00. The van der Waals surface area contributed by atoms with Gasteiger partial charge in [-0.3, -0.25) is 13.9 Å². The number of sulfonamides is 1. The molecule has 3 rings (SSSR count). The van der Waals surface area contributed by atoms with Crippen LogP contribution < -0.4 is 9.62 Å². The van der Waals surface area contributed by atoms with Gasteiger partial charge in [-0.2, -0.15) is 0 Å². The van der Waals surface area contributed by atoms with Crippen LogP contribution in [-0.2, 0) is 32.6 Å². The maximum absolute atomic E-state index is 14.1. The number of carbonyl (C=O) groups excluding carboxylic acids is 2. The van der Waals surface area contributed by atoms with Crippen molar-refractivity contribution < 1.29 is 18.0 Å². The minimum atomic E-state index is -3.81. The maximum Gasteiger partial charge on any atom is 0.244 e. The molecule has 2 amide bonds. The summed E-state index contributed by atoms with van der Waals surface area (Å²) in [5, 5.41) is 2.99. The lowest BCUT2D eigenvalue weighted by molar-refractivity contribution is -0.140. The van der Waals surface area contributed by atoms with E-state index in [9.17, 15) is 18.0 Å². The molecule has 0 radical (unpaired) electrons. The first kappa shape index (κ1) is 31.4. The molecular formula is C31H38BrN3O4S. The molecule has 0 fully saturated rings. The second-order valence-electron chi connectivity index (χ2n) is 10.6. The average molecular weight is 629 g/mol. The van der Waals surface area contributed by atoms with Gasteiger partial charge in [-0.1, -0.05) is 89.9 Å². The van der Waals surface area contributed by atoms with Crippen molar-refractivity contribution in [3.63, 3.8) is 0 Å². The molecule has 0 aliphatic carbocycles. The average Bonchev–Trinajstić information content (AvgIpc) is 2.89. The number of benzene rings is 3. The summed E-state index contributed by atoms with van der Waals surface area (Å²) in [7, 11) is -3.81. The van der Waals surface area contributed by atoms with Gasteiger partial charge in [0.05, 0.1) is 11.9 Å². The van der Waals surface area contributed by atoms with Crippen LogP contribution in [0.2, 0.25) is 0 Å². The van der Waals surface area contributed by atoms with E-state index in [1.54, 1.807) is 18.2 Å². The molecule has 0 aliphatic heterocycles. The summed E-state index contributed by atoms with van der Waals surface area (Å²) in [6.07, 6.45) is 1.37. The molecule has 1 unspecified atom stereocenters. The van der Waals surface area contributed by atoms with Crippen molar-refractivity contribution in [2.24, 2.45) is 5.92 Å². The van der Waals surface area contributed by atoms with Gasteiger partial charge in [0.2, 0.25) is 21.8 Å². The van der Waals surface area contributed by atoms with Crippen LogP contribution in [-0.4, -0.2) is 50.5 Å². The summed E-state index contributed by atoms with van der Waals surface area (Å²) < 4.78 is 27.8. The molecule has 0 spiro atoms. The van der Waals surface area contributed by atoms with Crippen LogP contribution in [0.1, 0.15) is 36.1 Å². The number of hydrogen-bond donors (Lipinski definition) is 1. The zero-order valence-corrected chi connectivity index (χ0v) is 26.1. The number of nitrogens with one attached hydrogen (secondary N) is 1. The molecule has 3 aromatic carbocycles. The highest BCUT2D eigenvalue weighted by Gasteiger charge is 2.33. The molecular weight excluding hydrogens is 590 g/mol. The molecule has 1 atom stereocenters. The van der Waals surface area contributed by atoms with Crippen LogP contribution in [0.4, 0.5) is 5.69 Å². The normalized spacial score (nSPS) is 12.2. The van der Waals surface area contributed by atoms with Gasteiger partial charge in [0.25, 0.3) is 0 Å². The van der Waals surface area contributed by atoms with Crippen molar-refractivity contribution in [3.8, 4) is 0 Å². The third-order valence-electron chi connectivity index (χ3n) is 6.50. The third kappa shape index (κ3) is 8.93. The van der Waals surface area contributed by atoms with Gasteiger partial charge >= 0.3 is 0 Å². The van der Waals surface area contributed by atoms with Gasteiger partial charge in [-0.25, -0.2) is 8.42 Å². The Kier molecular flexibility index (Phi) is 10.9. The van der Waals surface area contributed by atoms with Crippen molar-refractivity contribution in [2.75, 3.05) is 23.7 Å². The smallest absolute Gasteiger partial charge is 0.244 e. The predicted molar refractivity (Wildman–Crippen MR) is 165 cm³/mol. The minimum Gasteiger partial charge on any atom is -0.354 e. The van der Waals surface area contributed by atoms with Gasteiger partial charge in [0.15, 0.2) is 0 Å². The van der Waals surface area contributed by atoms with Gasteiger partial charge in [-0.15, -0.1) is 0 Å². The summed E-state index contributed by atoms with van der Waals surface area (Å²) in [6, 6.07) is 21.6. The Morgan fingerprint density at radius 2 is 1.60 bits per heavy atom. The van der Waals surface area contributed by atoms with Crippen LogP contribution in [0.25, 0.3) is 0 Å². The molecule has 0 aromatic heterocycles. The fraction of sp³-hybridized carbons (Fsp3) is 0.355. The van der Waals surface area contributed by atoms with E-state index in [4.69, 9.17) is 0 Å². The molecule has 1 N–H and O–H groups in total. The highest BCUT2D eigenvalue weighted by atomic mass is 79.9. The monoisotopic (exact) mass is 627 g/mol. The molecule has 0 saturated carbocycles. The van der Waals surface area contributed by atoms with Gasteiger partial charge in [0, 0.05) is 24.0 Å². The van der Waals surface area contributed by atoms with Crippen LogP contribution in [0.3, 0.4) is 0 Å². The van der Waals surface area contributed by atoms with Crippen molar-refractivity contribution in [1.29, 1.82) is 0 Å². The van der Waals surface area contributed by atoms with E-state index in [1.807, 2.05) is 82.3 Å². The second-order valence-corrected chi connectivity index (χ2v) is 13.3. The Morgan fingerprint density at radius 1 is 0.925 bits per heavy atom.